The van der Waals surface area contributed by atoms with E-state index in [1.54, 1.807) is 6.92 Å². The van der Waals surface area contributed by atoms with Crippen molar-refractivity contribution in [2.24, 2.45) is 0 Å². The van der Waals surface area contributed by atoms with Crippen molar-refractivity contribution in [1.82, 2.24) is 15.5 Å². The van der Waals surface area contributed by atoms with Gasteiger partial charge in [-0.1, -0.05) is 35.5 Å². The summed E-state index contributed by atoms with van der Waals surface area (Å²) in [6.45, 7) is 1.63. The van der Waals surface area contributed by atoms with Crippen LogP contribution in [0.5, 0.6) is 0 Å². The van der Waals surface area contributed by atoms with Crippen LogP contribution in [0.2, 0.25) is 0 Å². The van der Waals surface area contributed by atoms with Crippen LogP contribution >= 0.6 is 0 Å². The summed E-state index contributed by atoms with van der Waals surface area (Å²) < 4.78 is 4.95. The first kappa shape index (κ1) is 15.2. The first-order valence-corrected chi connectivity index (χ1v) is 6.90. The van der Waals surface area contributed by atoms with E-state index in [0.717, 1.165) is 5.56 Å². The van der Waals surface area contributed by atoms with Gasteiger partial charge in [0.15, 0.2) is 5.82 Å². The number of hydrogen-bond donors (Lipinski definition) is 2. The molecule has 0 unspecified atom stereocenters. The van der Waals surface area contributed by atoms with Gasteiger partial charge in [-0.2, -0.15) is 4.98 Å². The lowest BCUT2D eigenvalue weighted by Gasteiger charge is -2.16. The zero-order valence-corrected chi connectivity index (χ0v) is 12.0. The number of rotatable bonds is 7. The van der Waals surface area contributed by atoms with E-state index in [1.807, 2.05) is 30.3 Å². The smallest absolute Gasteiger partial charge is 0.227 e. The summed E-state index contributed by atoms with van der Waals surface area (Å²) in [6.07, 6.45) is 1.26. The highest BCUT2D eigenvalue weighted by Gasteiger charge is 2.13. The standard InChI is InChI=1S/C15H19N3O3/c1-11-16-15(21-18-11)8-7-14(20)17-13(10-19)9-12-5-3-2-4-6-12/h2-6,13,19H,7-10H2,1H3,(H,17,20)/t13-/m1/s1. The number of aryl methyl sites for hydroxylation is 2. The zero-order chi connectivity index (χ0) is 15.1. The molecule has 2 rings (SSSR count). The molecule has 0 aliphatic carbocycles. The topological polar surface area (TPSA) is 88.2 Å². The molecule has 0 aliphatic rings. The van der Waals surface area contributed by atoms with Crippen molar-refractivity contribution in [2.45, 2.75) is 32.2 Å². The fourth-order valence-electron chi connectivity index (χ4n) is 2.02. The van der Waals surface area contributed by atoms with Crippen LogP contribution in [0.4, 0.5) is 0 Å². The summed E-state index contributed by atoms with van der Waals surface area (Å²) in [5, 5.41) is 15.9. The molecule has 0 spiro atoms. The number of amides is 1. The first-order chi connectivity index (χ1) is 10.2. The molecule has 1 aromatic heterocycles. The number of aliphatic hydroxyl groups excluding tert-OH is 1. The van der Waals surface area contributed by atoms with Gasteiger partial charge >= 0.3 is 0 Å². The Morgan fingerprint density at radius 3 is 2.76 bits per heavy atom. The van der Waals surface area contributed by atoms with E-state index < -0.39 is 0 Å². The largest absolute Gasteiger partial charge is 0.394 e. The Labute approximate surface area is 123 Å². The average Bonchev–Trinajstić information content (AvgIpc) is 2.91. The van der Waals surface area contributed by atoms with Gasteiger partial charge < -0.3 is 14.9 Å². The molecule has 1 amide bonds. The van der Waals surface area contributed by atoms with Gasteiger partial charge in [-0.3, -0.25) is 4.79 Å². The van der Waals surface area contributed by atoms with E-state index in [-0.39, 0.29) is 25.0 Å². The lowest BCUT2D eigenvalue weighted by atomic mass is 10.1. The van der Waals surface area contributed by atoms with Crippen LogP contribution in [0.1, 0.15) is 23.7 Å². The van der Waals surface area contributed by atoms with E-state index in [2.05, 4.69) is 15.5 Å². The van der Waals surface area contributed by atoms with Crippen LogP contribution in [0.15, 0.2) is 34.9 Å². The molecule has 0 fully saturated rings. The van der Waals surface area contributed by atoms with E-state index >= 15 is 0 Å². The molecule has 0 saturated carbocycles. The molecule has 1 aromatic carbocycles. The molecule has 0 bridgehead atoms. The number of carbonyl (C=O) groups excluding carboxylic acids is 1. The van der Waals surface area contributed by atoms with Crippen molar-refractivity contribution >= 4 is 5.91 Å². The normalized spacial score (nSPS) is 12.1. The first-order valence-electron chi connectivity index (χ1n) is 6.90. The Kier molecular flexibility index (Phi) is 5.45. The molecule has 1 heterocycles. The molecule has 6 heteroatoms. The summed E-state index contributed by atoms with van der Waals surface area (Å²) in [6, 6.07) is 9.45. The molecule has 0 saturated heterocycles. The molecular weight excluding hydrogens is 270 g/mol. The molecule has 2 N–H and O–H groups in total. The minimum atomic E-state index is -0.288. The Morgan fingerprint density at radius 2 is 2.14 bits per heavy atom. The van der Waals surface area contributed by atoms with Crippen molar-refractivity contribution in [1.29, 1.82) is 0 Å². The van der Waals surface area contributed by atoms with E-state index in [1.165, 1.54) is 0 Å². The van der Waals surface area contributed by atoms with E-state index in [0.29, 0.717) is 24.6 Å². The number of nitrogens with one attached hydrogen (secondary N) is 1. The maximum Gasteiger partial charge on any atom is 0.227 e. The van der Waals surface area contributed by atoms with Gasteiger partial charge in [-0.25, -0.2) is 0 Å². The highest BCUT2D eigenvalue weighted by Crippen LogP contribution is 2.04. The van der Waals surface area contributed by atoms with Gasteiger partial charge in [0.2, 0.25) is 11.8 Å². The second-order valence-electron chi connectivity index (χ2n) is 4.87. The van der Waals surface area contributed by atoms with Crippen LogP contribution in [-0.2, 0) is 17.6 Å². The number of aromatic nitrogens is 2. The third-order valence-corrected chi connectivity index (χ3v) is 3.05. The lowest BCUT2D eigenvalue weighted by molar-refractivity contribution is -0.122. The van der Waals surface area contributed by atoms with Crippen molar-refractivity contribution in [3.8, 4) is 0 Å². The summed E-state index contributed by atoms with van der Waals surface area (Å²) >= 11 is 0. The molecule has 2 aromatic rings. The number of nitrogens with zero attached hydrogens (tertiary/aromatic N) is 2. The summed E-state index contributed by atoms with van der Waals surface area (Å²) in [5.74, 6) is 0.870. The number of hydrogen-bond acceptors (Lipinski definition) is 5. The Morgan fingerprint density at radius 1 is 1.38 bits per heavy atom. The van der Waals surface area contributed by atoms with Crippen LogP contribution < -0.4 is 5.32 Å². The summed E-state index contributed by atoms with van der Waals surface area (Å²) in [5.41, 5.74) is 1.07. The van der Waals surface area contributed by atoms with Crippen LogP contribution in [0.25, 0.3) is 0 Å². The highest BCUT2D eigenvalue weighted by molar-refractivity contribution is 5.76. The second-order valence-corrected chi connectivity index (χ2v) is 4.87. The van der Waals surface area contributed by atoms with Crippen molar-refractivity contribution < 1.29 is 14.4 Å². The van der Waals surface area contributed by atoms with Crippen LogP contribution in [0, 0.1) is 6.92 Å². The average molecular weight is 289 g/mol. The minimum absolute atomic E-state index is 0.0969. The summed E-state index contributed by atoms with van der Waals surface area (Å²) in [7, 11) is 0. The fraction of sp³-hybridized carbons (Fsp3) is 0.400. The van der Waals surface area contributed by atoms with Gasteiger partial charge in [0.1, 0.15) is 0 Å². The molecular formula is C15H19N3O3. The molecule has 112 valence electrons. The molecule has 0 radical (unpaired) electrons. The highest BCUT2D eigenvalue weighted by atomic mass is 16.5. The minimum Gasteiger partial charge on any atom is -0.394 e. The second kappa shape index (κ2) is 7.54. The quantitative estimate of drug-likeness (QED) is 0.795. The van der Waals surface area contributed by atoms with Crippen LogP contribution in [-0.4, -0.2) is 33.8 Å². The maximum absolute atomic E-state index is 11.9. The fourth-order valence-corrected chi connectivity index (χ4v) is 2.02. The Bertz CT molecular complexity index is 569. The molecule has 0 aliphatic heterocycles. The van der Waals surface area contributed by atoms with Gasteiger partial charge in [0, 0.05) is 12.8 Å². The lowest BCUT2D eigenvalue weighted by Crippen LogP contribution is -2.39. The van der Waals surface area contributed by atoms with Crippen molar-refractivity contribution in [3.63, 3.8) is 0 Å². The third-order valence-electron chi connectivity index (χ3n) is 3.05. The number of aliphatic hydroxyl groups is 1. The number of benzene rings is 1. The van der Waals surface area contributed by atoms with Gasteiger partial charge in [-0.15, -0.1) is 0 Å². The van der Waals surface area contributed by atoms with E-state index in [4.69, 9.17) is 4.52 Å². The molecule has 21 heavy (non-hydrogen) atoms. The maximum atomic E-state index is 11.9. The van der Waals surface area contributed by atoms with Crippen LogP contribution in [0.3, 0.4) is 0 Å². The number of carbonyl (C=O) groups is 1. The van der Waals surface area contributed by atoms with Crippen molar-refractivity contribution in [2.75, 3.05) is 6.61 Å². The van der Waals surface area contributed by atoms with Crippen molar-refractivity contribution in [3.05, 3.63) is 47.6 Å². The van der Waals surface area contributed by atoms with Gasteiger partial charge in [0.05, 0.1) is 12.6 Å². The monoisotopic (exact) mass is 289 g/mol. The Hall–Kier alpha value is -2.21. The van der Waals surface area contributed by atoms with Gasteiger partial charge in [0.25, 0.3) is 0 Å². The SMILES string of the molecule is Cc1noc(CCC(=O)N[C@@H](CO)Cc2ccccc2)n1. The Balaban J connectivity index is 1.79. The zero-order valence-electron chi connectivity index (χ0n) is 12.0. The predicted octanol–water partition coefficient (Wildman–Crippen LogP) is 1.03. The summed E-state index contributed by atoms with van der Waals surface area (Å²) in [4.78, 5) is 15.9. The van der Waals surface area contributed by atoms with E-state index in [9.17, 15) is 9.90 Å². The third kappa shape index (κ3) is 5.00. The predicted molar refractivity (Wildman–Crippen MR) is 76.5 cm³/mol. The van der Waals surface area contributed by atoms with Gasteiger partial charge in [-0.05, 0) is 18.9 Å². The molecule has 1 atom stereocenters. The molecule has 6 nitrogen and oxygen atoms in total.